The van der Waals surface area contributed by atoms with Gasteiger partial charge in [-0.05, 0) is 36.6 Å². The molecule has 0 atom stereocenters. The van der Waals surface area contributed by atoms with Crippen LogP contribution in [0.25, 0.3) is 0 Å². The lowest BCUT2D eigenvalue weighted by Crippen LogP contribution is -2.41. The summed E-state index contributed by atoms with van der Waals surface area (Å²) in [6.45, 7) is 4.23. The molecule has 2 fully saturated rings. The molecule has 0 aromatic heterocycles. The molecule has 1 aliphatic heterocycles. The number of morpholine rings is 1. The predicted octanol–water partition coefficient (Wildman–Crippen LogP) is 3.34. The Hall–Kier alpha value is -0.770. The molecule has 1 aromatic carbocycles. The Morgan fingerprint density at radius 1 is 1.14 bits per heavy atom. The second-order valence-electron chi connectivity index (χ2n) is 6.31. The van der Waals surface area contributed by atoms with Gasteiger partial charge in [0.05, 0.1) is 13.2 Å². The van der Waals surface area contributed by atoms with Gasteiger partial charge in [0, 0.05) is 35.8 Å². The maximum atomic E-state index is 6.31. The first-order valence-corrected chi connectivity index (χ1v) is 8.46. The topological polar surface area (TPSA) is 38.5 Å². The van der Waals surface area contributed by atoms with E-state index in [0.29, 0.717) is 6.54 Å². The van der Waals surface area contributed by atoms with Gasteiger partial charge in [0.25, 0.3) is 0 Å². The van der Waals surface area contributed by atoms with Gasteiger partial charge in [-0.2, -0.15) is 0 Å². The number of hydrogen-bond donors (Lipinski definition) is 1. The van der Waals surface area contributed by atoms with Crippen LogP contribution in [0.15, 0.2) is 18.2 Å². The molecule has 0 amide bonds. The number of halogens is 1. The Labute approximate surface area is 132 Å². The minimum atomic E-state index is 0.108. The van der Waals surface area contributed by atoms with E-state index < -0.39 is 0 Å². The predicted molar refractivity (Wildman–Crippen MR) is 88.3 cm³/mol. The first kappa shape index (κ1) is 15.1. The van der Waals surface area contributed by atoms with Gasteiger partial charge in [-0.1, -0.05) is 30.9 Å². The van der Waals surface area contributed by atoms with Gasteiger partial charge in [-0.25, -0.2) is 0 Å². The molecule has 21 heavy (non-hydrogen) atoms. The van der Waals surface area contributed by atoms with Gasteiger partial charge >= 0.3 is 0 Å². The highest BCUT2D eigenvalue weighted by atomic mass is 35.5. The Bertz CT molecular complexity index is 480. The zero-order valence-electron chi connectivity index (χ0n) is 12.6. The highest BCUT2D eigenvalue weighted by molar-refractivity contribution is 6.30. The number of nitrogens with zero attached hydrogens (tertiary/aromatic N) is 1. The average molecular weight is 309 g/mol. The van der Waals surface area contributed by atoms with Crippen LogP contribution in [-0.2, 0) is 10.2 Å². The van der Waals surface area contributed by atoms with Crippen molar-refractivity contribution in [3.63, 3.8) is 0 Å². The molecular formula is C17H25ClN2O. The summed E-state index contributed by atoms with van der Waals surface area (Å²) in [5.41, 5.74) is 9.02. The summed E-state index contributed by atoms with van der Waals surface area (Å²) in [4.78, 5) is 2.43. The zero-order valence-corrected chi connectivity index (χ0v) is 13.4. The average Bonchev–Trinajstić information content (AvgIpc) is 2.56. The highest BCUT2D eigenvalue weighted by Crippen LogP contribution is 2.43. The summed E-state index contributed by atoms with van der Waals surface area (Å²) in [7, 11) is 0. The van der Waals surface area contributed by atoms with Gasteiger partial charge in [0.2, 0.25) is 0 Å². The third-order valence-electron chi connectivity index (χ3n) is 5.08. The van der Waals surface area contributed by atoms with E-state index in [0.717, 1.165) is 31.3 Å². The van der Waals surface area contributed by atoms with Crippen molar-refractivity contribution in [3.05, 3.63) is 28.8 Å². The number of ether oxygens (including phenoxy) is 1. The smallest absolute Gasteiger partial charge is 0.0642 e. The fraction of sp³-hybridized carbons (Fsp3) is 0.647. The van der Waals surface area contributed by atoms with Crippen molar-refractivity contribution in [2.45, 2.75) is 37.5 Å². The standard InChI is InChI=1S/C17H25ClN2O/c18-14-4-5-16(20-8-10-21-11-9-20)15(12-14)17(13-19)6-2-1-3-7-17/h4-5,12H,1-3,6-11,13,19H2. The maximum absolute atomic E-state index is 6.31. The van der Waals surface area contributed by atoms with Crippen LogP contribution in [0.4, 0.5) is 5.69 Å². The minimum absolute atomic E-state index is 0.108. The molecular weight excluding hydrogens is 284 g/mol. The van der Waals surface area contributed by atoms with Crippen LogP contribution in [0.3, 0.4) is 0 Å². The molecule has 0 spiro atoms. The van der Waals surface area contributed by atoms with Crippen molar-refractivity contribution in [1.29, 1.82) is 0 Å². The first-order valence-electron chi connectivity index (χ1n) is 8.08. The molecule has 116 valence electrons. The summed E-state index contributed by atoms with van der Waals surface area (Å²) in [6, 6.07) is 6.34. The quantitative estimate of drug-likeness (QED) is 0.931. The Kier molecular flexibility index (Phi) is 4.72. The zero-order chi connectivity index (χ0) is 14.7. The van der Waals surface area contributed by atoms with Crippen LogP contribution in [0.2, 0.25) is 5.02 Å². The summed E-state index contributed by atoms with van der Waals surface area (Å²) < 4.78 is 5.49. The molecule has 0 radical (unpaired) electrons. The van der Waals surface area contributed by atoms with E-state index in [2.05, 4.69) is 17.0 Å². The summed E-state index contributed by atoms with van der Waals surface area (Å²) >= 11 is 6.31. The first-order chi connectivity index (χ1) is 10.2. The summed E-state index contributed by atoms with van der Waals surface area (Å²) in [6.07, 6.45) is 6.23. The van der Waals surface area contributed by atoms with Crippen molar-refractivity contribution in [2.75, 3.05) is 37.7 Å². The van der Waals surface area contributed by atoms with E-state index in [1.165, 1.54) is 43.4 Å². The molecule has 1 saturated heterocycles. The number of benzene rings is 1. The molecule has 0 bridgehead atoms. The van der Waals surface area contributed by atoms with E-state index in [1.807, 2.05) is 6.07 Å². The molecule has 2 aliphatic rings. The van der Waals surface area contributed by atoms with E-state index in [-0.39, 0.29) is 5.41 Å². The van der Waals surface area contributed by atoms with Crippen LogP contribution in [0.5, 0.6) is 0 Å². The minimum Gasteiger partial charge on any atom is -0.378 e. The third-order valence-corrected chi connectivity index (χ3v) is 5.32. The van der Waals surface area contributed by atoms with Crippen LogP contribution >= 0.6 is 11.6 Å². The van der Waals surface area contributed by atoms with Crippen molar-refractivity contribution < 1.29 is 4.74 Å². The van der Waals surface area contributed by atoms with Crippen molar-refractivity contribution in [2.24, 2.45) is 5.73 Å². The Morgan fingerprint density at radius 2 is 1.86 bits per heavy atom. The third kappa shape index (κ3) is 3.05. The maximum Gasteiger partial charge on any atom is 0.0642 e. The van der Waals surface area contributed by atoms with E-state index in [9.17, 15) is 0 Å². The molecule has 1 saturated carbocycles. The molecule has 1 aliphatic carbocycles. The number of rotatable bonds is 3. The van der Waals surface area contributed by atoms with Crippen molar-refractivity contribution in [3.8, 4) is 0 Å². The second-order valence-corrected chi connectivity index (χ2v) is 6.74. The van der Waals surface area contributed by atoms with Crippen molar-refractivity contribution in [1.82, 2.24) is 0 Å². The van der Waals surface area contributed by atoms with E-state index >= 15 is 0 Å². The molecule has 4 heteroatoms. The van der Waals surface area contributed by atoms with Crippen LogP contribution in [0.1, 0.15) is 37.7 Å². The Morgan fingerprint density at radius 3 is 2.52 bits per heavy atom. The summed E-state index contributed by atoms with van der Waals surface area (Å²) in [5, 5.41) is 0.820. The van der Waals surface area contributed by atoms with Gasteiger partial charge < -0.3 is 15.4 Å². The monoisotopic (exact) mass is 308 g/mol. The lowest BCUT2D eigenvalue weighted by atomic mass is 9.69. The largest absolute Gasteiger partial charge is 0.378 e. The van der Waals surface area contributed by atoms with E-state index in [1.54, 1.807) is 0 Å². The van der Waals surface area contributed by atoms with E-state index in [4.69, 9.17) is 22.1 Å². The normalized spacial score (nSPS) is 22.3. The molecule has 2 N–H and O–H groups in total. The number of nitrogens with two attached hydrogens (primary N) is 1. The SMILES string of the molecule is NCC1(c2cc(Cl)ccc2N2CCOCC2)CCCCC1. The molecule has 3 rings (SSSR count). The fourth-order valence-electron chi connectivity index (χ4n) is 3.83. The molecule has 1 heterocycles. The Balaban J connectivity index is 2.00. The number of anilines is 1. The van der Waals surface area contributed by atoms with Gasteiger partial charge in [0.1, 0.15) is 0 Å². The molecule has 3 nitrogen and oxygen atoms in total. The van der Waals surface area contributed by atoms with Crippen LogP contribution < -0.4 is 10.6 Å². The van der Waals surface area contributed by atoms with Gasteiger partial charge in [-0.15, -0.1) is 0 Å². The lowest BCUT2D eigenvalue weighted by molar-refractivity contribution is 0.122. The summed E-state index contributed by atoms with van der Waals surface area (Å²) in [5.74, 6) is 0. The van der Waals surface area contributed by atoms with Crippen molar-refractivity contribution >= 4 is 17.3 Å². The van der Waals surface area contributed by atoms with Gasteiger partial charge in [-0.3, -0.25) is 0 Å². The van der Waals surface area contributed by atoms with Gasteiger partial charge in [0.15, 0.2) is 0 Å². The number of hydrogen-bond acceptors (Lipinski definition) is 3. The highest BCUT2D eigenvalue weighted by Gasteiger charge is 2.35. The molecule has 0 unspecified atom stereocenters. The van der Waals surface area contributed by atoms with Crippen LogP contribution in [-0.4, -0.2) is 32.8 Å². The molecule has 1 aromatic rings. The second kappa shape index (κ2) is 6.55. The fourth-order valence-corrected chi connectivity index (χ4v) is 4.00. The lowest BCUT2D eigenvalue weighted by Gasteiger charge is -2.41. The van der Waals surface area contributed by atoms with Crippen LogP contribution in [0, 0.1) is 0 Å².